The maximum Gasteiger partial charge on any atom is 0.0495 e. The molecule has 0 radical (unpaired) electrons. The Hall–Kier alpha value is -0.570. The Morgan fingerprint density at radius 3 is 2.25 bits per heavy atom. The lowest BCUT2D eigenvalue weighted by Gasteiger charge is -2.34. The van der Waals surface area contributed by atoms with Crippen LogP contribution >= 0.6 is 0 Å². The fourth-order valence-electron chi connectivity index (χ4n) is 2.56. The van der Waals surface area contributed by atoms with Crippen LogP contribution in [0.1, 0.15) is 40.0 Å². The molecular formula is C13H25N3. The molecule has 1 saturated heterocycles. The van der Waals surface area contributed by atoms with E-state index in [2.05, 4.69) is 37.7 Å². The van der Waals surface area contributed by atoms with Crippen molar-refractivity contribution in [3.63, 3.8) is 0 Å². The Morgan fingerprint density at radius 2 is 1.75 bits per heavy atom. The molecule has 0 N–H and O–H groups in total. The SMILES string of the molecule is CN1CCC(N2CCC(C(C)(C)C)=N2)CC1. The van der Waals surface area contributed by atoms with Crippen molar-refractivity contribution in [3.05, 3.63) is 0 Å². The molecular weight excluding hydrogens is 198 g/mol. The highest BCUT2D eigenvalue weighted by molar-refractivity contribution is 5.90. The Kier molecular flexibility index (Phi) is 3.24. The Bertz CT molecular complexity index is 269. The molecule has 0 aromatic rings. The van der Waals surface area contributed by atoms with E-state index < -0.39 is 0 Å². The van der Waals surface area contributed by atoms with Crippen molar-refractivity contribution in [2.75, 3.05) is 26.7 Å². The summed E-state index contributed by atoms with van der Waals surface area (Å²) in [6.45, 7) is 10.4. The Labute approximate surface area is 99.5 Å². The van der Waals surface area contributed by atoms with Gasteiger partial charge in [-0.25, -0.2) is 0 Å². The molecule has 0 aromatic heterocycles. The number of rotatable bonds is 1. The largest absolute Gasteiger partial charge is 0.306 e. The molecule has 2 aliphatic heterocycles. The molecule has 0 aromatic carbocycles. The average Bonchev–Trinajstić information content (AvgIpc) is 2.67. The summed E-state index contributed by atoms with van der Waals surface area (Å²) < 4.78 is 0. The summed E-state index contributed by atoms with van der Waals surface area (Å²) in [6.07, 6.45) is 3.71. The van der Waals surface area contributed by atoms with Crippen LogP contribution in [0.3, 0.4) is 0 Å². The molecule has 92 valence electrons. The quantitative estimate of drug-likeness (QED) is 0.678. The summed E-state index contributed by atoms with van der Waals surface area (Å²) in [5, 5.41) is 7.19. The molecule has 2 rings (SSSR count). The molecule has 0 atom stereocenters. The fourth-order valence-corrected chi connectivity index (χ4v) is 2.56. The van der Waals surface area contributed by atoms with Crippen LogP contribution in [0.5, 0.6) is 0 Å². The number of piperidine rings is 1. The number of hydrazone groups is 1. The lowest BCUT2D eigenvalue weighted by atomic mass is 9.89. The van der Waals surface area contributed by atoms with Crippen LogP contribution in [0.4, 0.5) is 0 Å². The van der Waals surface area contributed by atoms with Gasteiger partial charge in [-0.15, -0.1) is 0 Å². The van der Waals surface area contributed by atoms with Crippen LogP contribution in [-0.2, 0) is 0 Å². The predicted molar refractivity (Wildman–Crippen MR) is 68.7 cm³/mol. The third kappa shape index (κ3) is 2.57. The highest BCUT2D eigenvalue weighted by atomic mass is 15.5. The molecule has 0 spiro atoms. The molecule has 2 aliphatic rings. The van der Waals surface area contributed by atoms with Crippen molar-refractivity contribution in [2.45, 2.75) is 46.1 Å². The summed E-state index contributed by atoms with van der Waals surface area (Å²) in [7, 11) is 2.21. The van der Waals surface area contributed by atoms with E-state index >= 15 is 0 Å². The lowest BCUT2D eigenvalue weighted by Crippen LogP contribution is -2.40. The highest BCUT2D eigenvalue weighted by Gasteiger charge is 2.29. The topological polar surface area (TPSA) is 18.8 Å². The zero-order valence-electron chi connectivity index (χ0n) is 11.2. The smallest absolute Gasteiger partial charge is 0.0495 e. The minimum absolute atomic E-state index is 0.250. The standard InChI is InChI=1S/C13H25N3/c1-13(2,3)12-7-10-16(14-12)11-5-8-15(4)9-6-11/h11H,5-10H2,1-4H3. The molecule has 3 heteroatoms. The van der Waals surface area contributed by atoms with E-state index in [-0.39, 0.29) is 5.41 Å². The van der Waals surface area contributed by atoms with Gasteiger partial charge >= 0.3 is 0 Å². The molecule has 0 unspecified atom stereocenters. The van der Waals surface area contributed by atoms with Gasteiger partial charge in [0, 0.05) is 30.1 Å². The molecule has 0 aliphatic carbocycles. The molecule has 0 saturated carbocycles. The average molecular weight is 223 g/mol. The van der Waals surface area contributed by atoms with Crippen LogP contribution in [0.25, 0.3) is 0 Å². The van der Waals surface area contributed by atoms with Crippen molar-refractivity contribution in [1.82, 2.24) is 9.91 Å². The van der Waals surface area contributed by atoms with Gasteiger partial charge in [-0.2, -0.15) is 5.10 Å². The van der Waals surface area contributed by atoms with E-state index in [9.17, 15) is 0 Å². The van der Waals surface area contributed by atoms with E-state index in [0.29, 0.717) is 6.04 Å². The zero-order chi connectivity index (χ0) is 11.8. The summed E-state index contributed by atoms with van der Waals surface area (Å²) >= 11 is 0. The summed E-state index contributed by atoms with van der Waals surface area (Å²) in [5.74, 6) is 0. The maximum absolute atomic E-state index is 4.84. The van der Waals surface area contributed by atoms with Gasteiger partial charge in [-0.1, -0.05) is 20.8 Å². The van der Waals surface area contributed by atoms with Crippen LogP contribution in [0.2, 0.25) is 0 Å². The first-order valence-corrected chi connectivity index (χ1v) is 6.50. The first-order valence-electron chi connectivity index (χ1n) is 6.50. The van der Waals surface area contributed by atoms with E-state index in [4.69, 9.17) is 5.10 Å². The van der Waals surface area contributed by atoms with Crippen molar-refractivity contribution in [1.29, 1.82) is 0 Å². The number of hydrogen-bond donors (Lipinski definition) is 0. The molecule has 2 heterocycles. The summed E-state index contributed by atoms with van der Waals surface area (Å²) in [4.78, 5) is 2.42. The van der Waals surface area contributed by atoms with Crippen LogP contribution in [0, 0.1) is 5.41 Å². The highest BCUT2D eigenvalue weighted by Crippen LogP contribution is 2.26. The van der Waals surface area contributed by atoms with E-state index in [1.807, 2.05) is 0 Å². The summed E-state index contributed by atoms with van der Waals surface area (Å²) in [5.41, 5.74) is 1.63. The second-order valence-electron chi connectivity index (χ2n) is 6.24. The van der Waals surface area contributed by atoms with Gasteiger partial charge in [0.2, 0.25) is 0 Å². The van der Waals surface area contributed by atoms with Crippen LogP contribution in [0.15, 0.2) is 5.10 Å². The van der Waals surface area contributed by atoms with Crippen molar-refractivity contribution >= 4 is 5.71 Å². The van der Waals surface area contributed by atoms with Crippen molar-refractivity contribution in [3.8, 4) is 0 Å². The van der Waals surface area contributed by atoms with Gasteiger partial charge in [-0.05, 0) is 33.0 Å². The maximum atomic E-state index is 4.84. The zero-order valence-corrected chi connectivity index (χ0v) is 11.2. The fraction of sp³-hybridized carbons (Fsp3) is 0.923. The van der Waals surface area contributed by atoms with Crippen molar-refractivity contribution < 1.29 is 0 Å². The van der Waals surface area contributed by atoms with Gasteiger partial charge in [0.15, 0.2) is 0 Å². The van der Waals surface area contributed by atoms with E-state index in [1.165, 1.54) is 31.6 Å². The third-order valence-electron chi connectivity index (χ3n) is 3.80. The number of nitrogens with zero attached hydrogens (tertiary/aromatic N) is 3. The van der Waals surface area contributed by atoms with Gasteiger partial charge in [0.05, 0.1) is 0 Å². The van der Waals surface area contributed by atoms with E-state index in [0.717, 1.165) is 13.0 Å². The van der Waals surface area contributed by atoms with Gasteiger partial charge in [0.1, 0.15) is 0 Å². The Balaban J connectivity index is 1.95. The minimum atomic E-state index is 0.250. The summed E-state index contributed by atoms with van der Waals surface area (Å²) in [6, 6.07) is 0.691. The lowest BCUT2D eigenvalue weighted by molar-refractivity contribution is 0.135. The van der Waals surface area contributed by atoms with Gasteiger partial charge in [-0.3, -0.25) is 5.01 Å². The normalized spacial score (nSPS) is 25.0. The van der Waals surface area contributed by atoms with E-state index in [1.54, 1.807) is 0 Å². The monoisotopic (exact) mass is 223 g/mol. The molecule has 0 bridgehead atoms. The molecule has 0 amide bonds. The molecule has 1 fully saturated rings. The van der Waals surface area contributed by atoms with Gasteiger partial charge < -0.3 is 4.90 Å². The van der Waals surface area contributed by atoms with Gasteiger partial charge in [0.25, 0.3) is 0 Å². The molecule has 16 heavy (non-hydrogen) atoms. The second-order valence-corrected chi connectivity index (χ2v) is 6.24. The number of likely N-dealkylation sites (tertiary alicyclic amines) is 1. The number of hydrogen-bond acceptors (Lipinski definition) is 3. The third-order valence-corrected chi connectivity index (χ3v) is 3.80. The minimum Gasteiger partial charge on any atom is -0.306 e. The molecule has 3 nitrogen and oxygen atoms in total. The first kappa shape index (κ1) is 11.9. The predicted octanol–water partition coefficient (Wildman–Crippen LogP) is 2.19. The van der Waals surface area contributed by atoms with Crippen LogP contribution in [-0.4, -0.2) is 48.3 Å². The van der Waals surface area contributed by atoms with Crippen molar-refractivity contribution in [2.24, 2.45) is 10.5 Å². The first-order chi connectivity index (χ1) is 7.47. The second kappa shape index (κ2) is 4.36. The Morgan fingerprint density at radius 1 is 1.12 bits per heavy atom. The van der Waals surface area contributed by atoms with Crippen LogP contribution < -0.4 is 0 Å².